The first-order valence-electron chi connectivity index (χ1n) is 5.52. The molecule has 1 aliphatic heterocycles. The number of ether oxygens (including phenoxy) is 1. The van der Waals surface area contributed by atoms with E-state index in [2.05, 4.69) is 0 Å². The lowest BCUT2D eigenvalue weighted by Crippen LogP contribution is -2.40. The van der Waals surface area contributed by atoms with Crippen molar-refractivity contribution in [1.82, 2.24) is 0 Å². The van der Waals surface area contributed by atoms with Crippen LogP contribution in [0.25, 0.3) is 0 Å². The number of non-ortho nitro benzene ring substituents is 1. The number of nitrogens with zero attached hydrogens (tertiary/aromatic N) is 1. The lowest BCUT2D eigenvalue weighted by molar-refractivity contribution is -0.384. The first-order valence-corrected chi connectivity index (χ1v) is 5.52. The van der Waals surface area contributed by atoms with Crippen molar-refractivity contribution in [3.05, 3.63) is 39.9 Å². The molecule has 1 heterocycles. The third-order valence-electron chi connectivity index (χ3n) is 3.11. The van der Waals surface area contributed by atoms with E-state index < -0.39 is 35.6 Å². The molecule has 19 heavy (non-hydrogen) atoms. The molecule has 1 aliphatic rings. The van der Waals surface area contributed by atoms with Gasteiger partial charge in [-0.05, 0) is 12.1 Å². The van der Waals surface area contributed by atoms with Crippen LogP contribution in [0.15, 0.2) is 24.3 Å². The van der Waals surface area contributed by atoms with Crippen molar-refractivity contribution >= 4 is 5.69 Å². The van der Waals surface area contributed by atoms with Crippen molar-refractivity contribution < 1.29 is 30.1 Å². The second-order valence-corrected chi connectivity index (χ2v) is 4.27. The third kappa shape index (κ3) is 2.20. The molecule has 0 bridgehead atoms. The number of nitro benzene ring substituents is 1. The van der Waals surface area contributed by atoms with Crippen molar-refractivity contribution in [2.75, 3.05) is 6.61 Å². The molecule has 2 rings (SSSR count). The Hall–Kier alpha value is -1.58. The van der Waals surface area contributed by atoms with Crippen LogP contribution >= 0.6 is 0 Å². The van der Waals surface area contributed by atoms with Gasteiger partial charge in [-0.25, -0.2) is 0 Å². The Morgan fingerprint density at radius 3 is 2.32 bits per heavy atom. The van der Waals surface area contributed by atoms with Crippen molar-refractivity contribution in [3.63, 3.8) is 0 Å². The summed E-state index contributed by atoms with van der Waals surface area (Å²) in [6.07, 6.45) is -4.24. The second kappa shape index (κ2) is 4.83. The standard InChI is InChI=1S/C11H13NO7/c13-5-8-9(14)10(15)11(16,19-8)6-1-3-7(4-2-6)12(17)18/h1-4,8-10,13-16H,5H2/t8-,9-,10+,11+/m0/s1. The minimum Gasteiger partial charge on any atom is -0.394 e. The van der Waals surface area contributed by atoms with Gasteiger partial charge in [-0.15, -0.1) is 0 Å². The van der Waals surface area contributed by atoms with E-state index in [1.807, 2.05) is 0 Å². The Kier molecular flexibility index (Phi) is 3.52. The van der Waals surface area contributed by atoms with Gasteiger partial charge in [0, 0.05) is 17.7 Å². The van der Waals surface area contributed by atoms with Gasteiger partial charge in [-0.1, -0.05) is 0 Å². The number of nitro groups is 1. The zero-order chi connectivity index (χ0) is 14.2. The predicted molar refractivity (Wildman–Crippen MR) is 61.0 cm³/mol. The maximum Gasteiger partial charge on any atom is 0.269 e. The number of aliphatic hydroxyl groups is 4. The summed E-state index contributed by atoms with van der Waals surface area (Å²) in [5, 5.41) is 49.1. The van der Waals surface area contributed by atoms with Gasteiger partial charge in [0.05, 0.1) is 11.5 Å². The van der Waals surface area contributed by atoms with Crippen LogP contribution in [0.1, 0.15) is 5.56 Å². The molecule has 8 nitrogen and oxygen atoms in total. The van der Waals surface area contributed by atoms with Gasteiger partial charge in [-0.2, -0.15) is 0 Å². The number of aliphatic hydroxyl groups excluding tert-OH is 3. The van der Waals surface area contributed by atoms with Crippen LogP contribution in [-0.2, 0) is 10.5 Å². The summed E-state index contributed by atoms with van der Waals surface area (Å²) in [6.45, 7) is -0.576. The molecule has 0 unspecified atom stereocenters. The minimum absolute atomic E-state index is 0.0561. The molecule has 1 aromatic rings. The summed E-state index contributed by atoms with van der Waals surface area (Å²) in [4.78, 5) is 9.91. The van der Waals surface area contributed by atoms with E-state index >= 15 is 0 Å². The molecular formula is C11H13NO7. The Bertz CT molecular complexity index is 476. The average Bonchev–Trinajstić information content (AvgIpc) is 2.64. The molecule has 0 aromatic heterocycles. The van der Waals surface area contributed by atoms with Gasteiger partial charge in [0.1, 0.15) is 18.3 Å². The molecule has 0 radical (unpaired) electrons. The molecule has 104 valence electrons. The van der Waals surface area contributed by atoms with Crippen LogP contribution in [0.2, 0.25) is 0 Å². The molecule has 0 spiro atoms. The molecule has 1 saturated heterocycles. The molecule has 1 aromatic carbocycles. The SMILES string of the molecule is O=[N+]([O-])c1ccc([C@@]2(O)O[C@@H](CO)[C@H](O)[C@H]2O)cc1. The van der Waals surface area contributed by atoms with Crippen LogP contribution in [0.4, 0.5) is 5.69 Å². The summed E-state index contributed by atoms with van der Waals surface area (Å²) in [5.74, 6) is -2.21. The van der Waals surface area contributed by atoms with Crippen LogP contribution < -0.4 is 0 Å². The van der Waals surface area contributed by atoms with E-state index in [4.69, 9.17) is 9.84 Å². The largest absolute Gasteiger partial charge is 0.394 e. The fourth-order valence-corrected chi connectivity index (χ4v) is 2.01. The number of benzene rings is 1. The minimum atomic E-state index is -2.21. The quantitative estimate of drug-likeness (QED) is 0.403. The monoisotopic (exact) mass is 271 g/mol. The molecule has 0 aliphatic carbocycles. The van der Waals surface area contributed by atoms with Crippen molar-refractivity contribution in [3.8, 4) is 0 Å². The summed E-state index contributed by atoms with van der Waals surface area (Å²) < 4.78 is 5.04. The highest BCUT2D eigenvalue weighted by molar-refractivity contribution is 5.35. The van der Waals surface area contributed by atoms with Gasteiger partial charge in [0.2, 0.25) is 5.79 Å². The summed E-state index contributed by atoms with van der Waals surface area (Å²) in [5.41, 5.74) is -0.125. The van der Waals surface area contributed by atoms with Crippen LogP contribution in [0.5, 0.6) is 0 Å². The van der Waals surface area contributed by atoms with E-state index in [1.54, 1.807) is 0 Å². The van der Waals surface area contributed by atoms with E-state index in [-0.39, 0.29) is 11.3 Å². The maximum atomic E-state index is 10.5. The Labute approximate surface area is 107 Å². The molecule has 0 amide bonds. The zero-order valence-electron chi connectivity index (χ0n) is 9.71. The Balaban J connectivity index is 2.32. The number of hydrogen-bond donors (Lipinski definition) is 4. The lowest BCUT2D eigenvalue weighted by atomic mass is 9.98. The van der Waals surface area contributed by atoms with Crippen LogP contribution in [0.3, 0.4) is 0 Å². The zero-order valence-corrected chi connectivity index (χ0v) is 9.71. The number of rotatable bonds is 3. The molecule has 4 atom stereocenters. The van der Waals surface area contributed by atoms with Gasteiger partial charge in [0.25, 0.3) is 5.69 Å². The van der Waals surface area contributed by atoms with Gasteiger partial charge < -0.3 is 25.2 Å². The molecule has 0 saturated carbocycles. The van der Waals surface area contributed by atoms with Crippen molar-refractivity contribution in [2.45, 2.75) is 24.1 Å². The van der Waals surface area contributed by atoms with Crippen molar-refractivity contribution in [1.29, 1.82) is 0 Å². The lowest BCUT2D eigenvalue weighted by Gasteiger charge is -2.26. The summed E-state index contributed by atoms with van der Waals surface area (Å²) >= 11 is 0. The number of hydrogen-bond acceptors (Lipinski definition) is 7. The molecule has 4 N–H and O–H groups in total. The first kappa shape index (κ1) is 13.8. The smallest absolute Gasteiger partial charge is 0.269 e. The predicted octanol–water partition coefficient (Wildman–Crippen LogP) is -1.15. The van der Waals surface area contributed by atoms with Gasteiger partial charge >= 0.3 is 0 Å². The topological polar surface area (TPSA) is 133 Å². The van der Waals surface area contributed by atoms with Crippen LogP contribution in [0, 0.1) is 10.1 Å². The van der Waals surface area contributed by atoms with Crippen molar-refractivity contribution in [2.24, 2.45) is 0 Å². The highest BCUT2D eigenvalue weighted by Gasteiger charge is 2.54. The fourth-order valence-electron chi connectivity index (χ4n) is 2.01. The molecular weight excluding hydrogens is 258 g/mol. The summed E-state index contributed by atoms with van der Waals surface area (Å²) in [6, 6.07) is 4.71. The molecule has 8 heteroatoms. The molecule has 1 fully saturated rings. The maximum absolute atomic E-state index is 10.5. The van der Waals surface area contributed by atoms with E-state index in [1.165, 1.54) is 12.1 Å². The normalized spacial score (nSPS) is 34.4. The third-order valence-corrected chi connectivity index (χ3v) is 3.11. The van der Waals surface area contributed by atoms with E-state index in [9.17, 15) is 25.4 Å². The Morgan fingerprint density at radius 1 is 1.32 bits per heavy atom. The average molecular weight is 271 g/mol. The van der Waals surface area contributed by atoms with Gasteiger partial charge in [0.15, 0.2) is 0 Å². The summed E-state index contributed by atoms with van der Waals surface area (Å²) in [7, 11) is 0. The Morgan fingerprint density at radius 2 is 1.89 bits per heavy atom. The van der Waals surface area contributed by atoms with E-state index in [0.717, 1.165) is 12.1 Å². The first-order chi connectivity index (χ1) is 8.90. The van der Waals surface area contributed by atoms with Gasteiger partial charge in [-0.3, -0.25) is 10.1 Å². The highest BCUT2D eigenvalue weighted by Crippen LogP contribution is 2.37. The fraction of sp³-hybridized carbons (Fsp3) is 0.455. The second-order valence-electron chi connectivity index (χ2n) is 4.27. The van der Waals surface area contributed by atoms with E-state index in [0.29, 0.717) is 0 Å². The highest BCUT2D eigenvalue weighted by atomic mass is 16.7. The van der Waals surface area contributed by atoms with Crippen LogP contribution in [-0.4, -0.2) is 50.3 Å².